The predicted octanol–water partition coefficient (Wildman–Crippen LogP) is 5.59. The molecule has 0 aliphatic rings. The van der Waals surface area contributed by atoms with Gasteiger partial charge in [0.05, 0.1) is 0 Å². The molecular formula is C28H31NO4. The molecule has 3 aromatic carbocycles. The third kappa shape index (κ3) is 7.90. The smallest absolute Gasteiger partial charge is 0.185 e. The Kier molecular flexibility index (Phi) is 9.24. The molecule has 5 nitrogen and oxygen atoms in total. The molecule has 0 aliphatic carbocycles. The first-order chi connectivity index (χ1) is 16.1. The number of hydrogen-bond acceptors (Lipinski definition) is 5. The lowest BCUT2D eigenvalue weighted by atomic mass is 10.1. The molecule has 3 aromatic rings. The van der Waals surface area contributed by atoms with E-state index in [1.807, 2.05) is 74.5 Å². The number of carbonyl (C=O) groups is 1. The average Bonchev–Trinajstić information content (AvgIpc) is 2.86. The molecule has 0 heterocycles. The summed E-state index contributed by atoms with van der Waals surface area (Å²) in [6.07, 6.45) is 3.87. The van der Waals surface area contributed by atoms with Gasteiger partial charge in [0.2, 0.25) is 0 Å². The molecule has 0 fully saturated rings. The van der Waals surface area contributed by atoms with E-state index in [0.717, 1.165) is 17.5 Å². The number of carbonyl (C=O) groups excluding carboxylic acids is 1. The van der Waals surface area contributed by atoms with Crippen molar-refractivity contribution < 1.29 is 19.4 Å². The van der Waals surface area contributed by atoms with Crippen LogP contribution in [0.5, 0.6) is 11.5 Å². The Morgan fingerprint density at radius 2 is 1.70 bits per heavy atom. The highest BCUT2D eigenvalue weighted by Gasteiger charge is 2.12. The number of nitrogens with one attached hydrogen (secondary N) is 1. The van der Waals surface area contributed by atoms with Crippen molar-refractivity contribution in [2.24, 2.45) is 0 Å². The van der Waals surface area contributed by atoms with Crippen LogP contribution in [0, 0.1) is 0 Å². The van der Waals surface area contributed by atoms with Gasteiger partial charge in [0, 0.05) is 5.56 Å². The van der Waals surface area contributed by atoms with Crippen LogP contribution in [-0.4, -0.2) is 23.3 Å². The molecule has 2 atom stereocenters. The normalized spacial score (nSPS) is 12.9. The van der Waals surface area contributed by atoms with E-state index in [-0.39, 0.29) is 12.0 Å². The molecule has 0 bridgehead atoms. The van der Waals surface area contributed by atoms with Gasteiger partial charge < -0.3 is 14.6 Å². The van der Waals surface area contributed by atoms with E-state index in [4.69, 9.17) is 9.47 Å². The highest BCUT2D eigenvalue weighted by molar-refractivity contribution is 6.06. The van der Waals surface area contributed by atoms with Gasteiger partial charge in [0.1, 0.15) is 24.3 Å². The fraction of sp³-hybridized carbons (Fsp3) is 0.250. The number of aliphatic hydroxyl groups excluding tert-OH is 1. The molecule has 0 spiro atoms. The van der Waals surface area contributed by atoms with E-state index in [1.54, 1.807) is 30.3 Å². The van der Waals surface area contributed by atoms with Crippen LogP contribution in [-0.2, 0) is 6.61 Å². The number of allylic oxidation sites excluding steroid dienone is 1. The summed E-state index contributed by atoms with van der Waals surface area (Å²) < 4.78 is 11.8. The van der Waals surface area contributed by atoms with E-state index in [2.05, 4.69) is 5.32 Å². The summed E-state index contributed by atoms with van der Waals surface area (Å²) in [5.74, 6) is 1.34. The summed E-state index contributed by atoms with van der Waals surface area (Å²) >= 11 is 0. The average molecular weight is 446 g/mol. The lowest BCUT2D eigenvalue weighted by molar-refractivity contribution is 0.0520. The zero-order valence-corrected chi connectivity index (χ0v) is 19.1. The third-order valence-electron chi connectivity index (χ3n) is 5.08. The maximum absolute atomic E-state index is 12.4. The Balaban J connectivity index is 1.54. The molecule has 0 aromatic heterocycles. The quantitative estimate of drug-likeness (QED) is 0.216. The Hall–Kier alpha value is -3.41. The van der Waals surface area contributed by atoms with Gasteiger partial charge in [0.25, 0.3) is 0 Å². The molecule has 0 aliphatic heterocycles. The molecule has 172 valence electrons. The molecule has 0 saturated carbocycles. The summed E-state index contributed by atoms with van der Waals surface area (Å²) in [5.41, 5.74) is 2.56. The van der Waals surface area contributed by atoms with E-state index < -0.39 is 6.23 Å². The van der Waals surface area contributed by atoms with E-state index in [9.17, 15) is 9.90 Å². The van der Waals surface area contributed by atoms with Crippen molar-refractivity contribution >= 4 is 11.9 Å². The van der Waals surface area contributed by atoms with Gasteiger partial charge in [-0.3, -0.25) is 10.1 Å². The van der Waals surface area contributed by atoms with Crippen LogP contribution < -0.4 is 14.8 Å². The number of ether oxygens (including phenoxy) is 2. The molecule has 3 rings (SSSR count). The van der Waals surface area contributed by atoms with Gasteiger partial charge >= 0.3 is 0 Å². The highest BCUT2D eigenvalue weighted by Crippen LogP contribution is 2.19. The predicted molar refractivity (Wildman–Crippen MR) is 131 cm³/mol. The van der Waals surface area contributed by atoms with Crippen LogP contribution in [0.4, 0.5) is 0 Å². The maximum atomic E-state index is 12.4. The Bertz CT molecular complexity index is 1030. The second-order valence-electron chi connectivity index (χ2n) is 7.67. The summed E-state index contributed by atoms with van der Waals surface area (Å²) in [4.78, 5) is 12.4. The number of ketones is 1. The van der Waals surface area contributed by atoms with Crippen molar-refractivity contribution in [1.29, 1.82) is 0 Å². The molecule has 5 heteroatoms. The van der Waals surface area contributed by atoms with E-state index in [1.165, 1.54) is 0 Å². The minimum Gasteiger partial charge on any atom is -0.489 e. The second-order valence-corrected chi connectivity index (χ2v) is 7.67. The van der Waals surface area contributed by atoms with E-state index >= 15 is 0 Å². The van der Waals surface area contributed by atoms with Gasteiger partial charge in [-0.2, -0.15) is 0 Å². The molecule has 2 unspecified atom stereocenters. The molecule has 0 radical (unpaired) electrons. The molecule has 0 amide bonds. The van der Waals surface area contributed by atoms with E-state index in [0.29, 0.717) is 30.1 Å². The lowest BCUT2D eigenvalue weighted by Gasteiger charge is -2.22. The van der Waals surface area contributed by atoms with Gasteiger partial charge in [-0.1, -0.05) is 62.4 Å². The van der Waals surface area contributed by atoms with Crippen LogP contribution >= 0.6 is 0 Å². The van der Waals surface area contributed by atoms with Crippen molar-refractivity contribution in [3.05, 3.63) is 102 Å². The zero-order valence-electron chi connectivity index (χ0n) is 19.1. The first kappa shape index (κ1) is 24.2. The minimum absolute atomic E-state index is 0.0532. The van der Waals surface area contributed by atoms with Crippen molar-refractivity contribution in [3.63, 3.8) is 0 Å². The van der Waals surface area contributed by atoms with Gasteiger partial charge in [0.15, 0.2) is 12.0 Å². The van der Waals surface area contributed by atoms with Crippen molar-refractivity contribution in [3.8, 4) is 11.5 Å². The first-order valence-electron chi connectivity index (χ1n) is 11.3. The molecule has 2 N–H and O–H groups in total. The maximum Gasteiger partial charge on any atom is 0.185 e. The monoisotopic (exact) mass is 445 g/mol. The van der Waals surface area contributed by atoms with Gasteiger partial charge in [-0.25, -0.2) is 0 Å². The Labute approximate surface area is 195 Å². The van der Waals surface area contributed by atoms with Gasteiger partial charge in [-0.05, 0) is 66.4 Å². The summed E-state index contributed by atoms with van der Waals surface area (Å²) in [6, 6.07) is 24.5. The van der Waals surface area contributed by atoms with Crippen molar-refractivity contribution in [2.75, 3.05) is 0 Å². The summed E-state index contributed by atoms with van der Waals surface area (Å²) in [7, 11) is 0. The number of rotatable bonds is 12. The topological polar surface area (TPSA) is 67.8 Å². The van der Waals surface area contributed by atoms with Crippen LogP contribution in [0.15, 0.2) is 84.9 Å². The Morgan fingerprint density at radius 3 is 2.39 bits per heavy atom. The van der Waals surface area contributed by atoms with Crippen LogP contribution in [0.1, 0.15) is 48.2 Å². The summed E-state index contributed by atoms with van der Waals surface area (Å²) in [6.45, 7) is 4.28. The number of benzene rings is 3. The highest BCUT2D eigenvalue weighted by atomic mass is 16.5. The lowest BCUT2D eigenvalue weighted by Crippen LogP contribution is -2.41. The van der Waals surface area contributed by atoms with Crippen molar-refractivity contribution in [1.82, 2.24) is 5.32 Å². The first-order valence-corrected chi connectivity index (χ1v) is 11.3. The van der Waals surface area contributed by atoms with Crippen LogP contribution in [0.3, 0.4) is 0 Å². The largest absolute Gasteiger partial charge is 0.489 e. The number of hydrogen-bond donors (Lipinski definition) is 2. The standard InChI is InChI=1S/C28H31NO4/c1-3-27(31)29-28(4-2)33-25-12-8-11-22(19-25)20-32-24-16-14-23(15-17-24)26(30)18-13-21-9-6-5-7-10-21/h5-19,27-29,31H,3-4,20H2,1-2H3/b18-13+. The zero-order chi connectivity index (χ0) is 23.5. The third-order valence-corrected chi connectivity index (χ3v) is 5.08. The van der Waals surface area contributed by atoms with Crippen molar-refractivity contribution in [2.45, 2.75) is 45.8 Å². The van der Waals surface area contributed by atoms with Crippen LogP contribution in [0.25, 0.3) is 6.08 Å². The van der Waals surface area contributed by atoms with Crippen LogP contribution in [0.2, 0.25) is 0 Å². The Morgan fingerprint density at radius 1 is 0.939 bits per heavy atom. The fourth-order valence-electron chi connectivity index (χ4n) is 3.15. The molecule has 0 saturated heterocycles. The summed E-state index contributed by atoms with van der Waals surface area (Å²) in [5, 5.41) is 12.8. The second kappa shape index (κ2) is 12.6. The number of aliphatic hydroxyl groups is 1. The fourth-order valence-corrected chi connectivity index (χ4v) is 3.15. The molecule has 33 heavy (non-hydrogen) atoms. The SMILES string of the molecule is CCC(O)NC(CC)Oc1cccc(COc2ccc(C(=O)/C=C/c3ccccc3)cc2)c1. The molecular weight excluding hydrogens is 414 g/mol. The van der Waals surface area contributed by atoms with Gasteiger partial charge in [-0.15, -0.1) is 0 Å². The minimum atomic E-state index is -0.592.